The summed E-state index contributed by atoms with van der Waals surface area (Å²) < 4.78 is 1.17. The van der Waals surface area contributed by atoms with Crippen LogP contribution in [0.5, 0.6) is 0 Å². The first kappa shape index (κ1) is 12.0. The molecule has 1 aromatic heterocycles. The Morgan fingerprint density at radius 3 is 3.00 bits per heavy atom. The molecule has 0 saturated carbocycles. The Labute approximate surface area is 103 Å². The fourth-order valence-electron chi connectivity index (χ4n) is 1.63. The van der Waals surface area contributed by atoms with Crippen molar-refractivity contribution < 1.29 is 9.90 Å². The van der Waals surface area contributed by atoms with Gasteiger partial charge in [0.25, 0.3) is 0 Å². The summed E-state index contributed by atoms with van der Waals surface area (Å²) in [4.78, 5) is 13.4. The van der Waals surface area contributed by atoms with Crippen molar-refractivity contribution in [3.05, 3.63) is 17.5 Å². The molecule has 0 aliphatic carbocycles. The van der Waals surface area contributed by atoms with Gasteiger partial charge in [0.15, 0.2) is 0 Å². The van der Waals surface area contributed by atoms with Crippen LogP contribution in [0.25, 0.3) is 0 Å². The number of thioether (sulfide) groups is 1. The lowest BCUT2D eigenvalue weighted by atomic mass is 9.91. The fraction of sp³-hybridized carbons (Fsp3) is 0.545. The molecule has 1 fully saturated rings. The van der Waals surface area contributed by atoms with Crippen molar-refractivity contribution in [3.63, 3.8) is 0 Å². The fourth-order valence-corrected chi connectivity index (χ4v) is 3.32. The molecule has 3 nitrogen and oxygen atoms in total. The Bertz CT molecular complexity index is 358. The molecule has 0 atom stereocenters. The Hall–Kier alpha value is -0.520. The third kappa shape index (κ3) is 2.59. The molecular formula is C11H15NO2S2. The van der Waals surface area contributed by atoms with Crippen LogP contribution >= 0.6 is 23.1 Å². The largest absolute Gasteiger partial charge is 0.386 e. The van der Waals surface area contributed by atoms with Crippen LogP contribution in [-0.4, -0.2) is 40.4 Å². The molecule has 0 aromatic carbocycles. The van der Waals surface area contributed by atoms with Gasteiger partial charge in [0, 0.05) is 0 Å². The average Bonchev–Trinajstić information content (AvgIpc) is 2.74. The molecule has 0 unspecified atom stereocenters. The van der Waals surface area contributed by atoms with Crippen LogP contribution in [0.4, 0.5) is 0 Å². The predicted molar refractivity (Wildman–Crippen MR) is 66.9 cm³/mol. The number of rotatable bonds is 4. The summed E-state index contributed by atoms with van der Waals surface area (Å²) in [6, 6.07) is 4.00. The number of amides is 1. The number of hydrogen-bond donors (Lipinski definition) is 1. The molecule has 1 aliphatic rings. The summed E-state index contributed by atoms with van der Waals surface area (Å²) in [6.45, 7) is 2.93. The number of β-amino-alcohol motifs (C(OH)–C–C–N with tert-alkyl or cyclic N) is 1. The molecule has 2 heterocycles. The van der Waals surface area contributed by atoms with Gasteiger partial charge in [-0.15, -0.1) is 23.1 Å². The molecule has 1 aromatic rings. The van der Waals surface area contributed by atoms with Crippen LogP contribution in [0.15, 0.2) is 21.7 Å². The first-order chi connectivity index (χ1) is 7.63. The lowest BCUT2D eigenvalue weighted by molar-refractivity contribution is -0.152. The van der Waals surface area contributed by atoms with E-state index in [4.69, 9.17) is 0 Å². The van der Waals surface area contributed by atoms with Crippen LogP contribution in [0.2, 0.25) is 0 Å². The van der Waals surface area contributed by atoms with E-state index in [0.29, 0.717) is 18.8 Å². The molecule has 0 spiro atoms. The van der Waals surface area contributed by atoms with Gasteiger partial charge in [-0.25, -0.2) is 0 Å². The van der Waals surface area contributed by atoms with Crippen molar-refractivity contribution in [2.24, 2.45) is 0 Å². The maximum atomic E-state index is 11.7. The van der Waals surface area contributed by atoms with Crippen LogP contribution in [-0.2, 0) is 4.79 Å². The van der Waals surface area contributed by atoms with Gasteiger partial charge in [-0.05, 0) is 17.9 Å². The molecule has 1 N–H and O–H groups in total. The van der Waals surface area contributed by atoms with Crippen LogP contribution in [0.3, 0.4) is 0 Å². The smallest absolute Gasteiger partial charge is 0.233 e. The number of carbonyl (C=O) groups is 1. The highest BCUT2D eigenvalue weighted by molar-refractivity contribution is 8.01. The lowest BCUT2D eigenvalue weighted by Gasteiger charge is -2.46. The SMILES string of the molecule is CCC1(O)CN(C(=O)CSc2cccs2)C1. The van der Waals surface area contributed by atoms with Gasteiger partial charge in [0.05, 0.1) is 28.7 Å². The van der Waals surface area contributed by atoms with Crippen molar-refractivity contribution in [2.45, 2.75) is 23.2 Å². The lowest BCUT2D eigenvalue weighted by Crippen LogP contribution is -2.63. The topological polar surface area (TPSA) is 40.5 Å². The van der Waals surface area contributed by atoms with Crippen LogP contribution in [0.1, 0.15) is 13.3 Å². The van der Waals surface area contributed by atoms with Crippen molar-refractivity contribution in [2.75, 3.05) is 18.8 Å². The number of nitrogens with zero attached hydrogens (tertiary/aromatic N) is 1. The van der Waals surface area contributed by atoms with E-state index in [9.17, 15) is 9.90 Å². The molecule has 0 radical (unpaired) electrons. The standard InChI is InChI=1S/C11H15NO2S2/c1-2-11(14)7-12(8-11)9(13)6-16-10-4-3-5-15-10/h3-5,14H,2,6-8H2,1H3. The van der Waals surface area contributed by atoms with Crippen LogP contribution < -0.4 is 0 Å². The van der Waals surface area contributed by atoms with Gasteiger partial charge in [-0.3, -0.25) is 4.79 Å². The molecule has 1 amide bonds. The molecule has 1 aliphatic heterocycles. The molecule has 0 bridgehead atoms. The molecule has 1 saturated heterocycles. The summed E-state index contributed by atoms with van der Waals surface area (Å²) in [6.07, 6.45) is 0.717. The van der Waals surface area contributed by atoms with Gasteiger partial charge in [0.2, 0.25) is 5.91 Å². The van der Waals surface area contributed by atoms with Gasteiger partial charge >= 0.3 is 0 Å². The second-order valence-electron chi connectivity index (χ2n) is 4.05. The van der Waals surface area contributed by atoms with E-state index in [1.807, 2.05) is 24.4 Å². The van der Waals surface area contributed by atoms with E-state index in [2.05, 4.69) is 0 Å². The normalized spacial score (nSPS) is 18.2. The van der Waals surface area contributed by atoms with Crippen molar-refractivity contribution in [1.82, 2.24) is 4.90 Å². The minimum absolute atomic E-state index is 0.122. The van der Waals surface area contributed by atoms with Gasteiger partial charge in [0.1, 0.15) is 0 Å². The van der Waals surface area contributed by atoms with Crippen molar-refractivity contribution >= 4 is 29.0 Å². The summed E-state index contributed by atoms with van der Waals surface area (Å²) >= 11 is 3.22. The van der Waals surface area contributed by atoms with E-state index >= 15 is 0 Å². The highest BCUT2D eigenvalue weighted by Crippen LogP contribution is 2.27. The quantitative estimate of drug-likeness (QED) is 0.837. The second-order valence-corrected chi connectivity index (χ2v) is 6.27. The third-order valence-electron chi connectivity index (χ3n) is 2.81. The van der Waals surface area contributed by atoms with Crippen molar-refractivity contribution in [3.8, 4) is 0 Å². The summed E-state index contributed by atoms with van der Waals surface area (Å²) in [5.74, 6) is 0.594. The average molecular weight is 257 g/mol. The Morgan fingerprint density at radius 1 is 1.69 bits per heavy atom. The summed E-state index contributed by atoms with van der Waals surface area (Å²) in [5.41, 5.74) is -0.622. The first-order valence-electron chi connectivity index (χ1n) is 5.29. The van der Waals surface area contributed by atoms with E-state index in [1.165, 1.54) is 4.21 Å². The van der Waals surface area contributed by atoms with E-state index in [-0.39, 0.29) is 5.91 Å². The third-order valence-corrected chi connectivity index (χ3v) is 4.93. The predicted octanol–water partition coefficient (Wildman–Crippen LogP) is 1.82. The number of thiophene rings is 1. The van der Waals surface area contributed by atoms with Crippen LogP contribution in [0, 0.1) is 0 Å². The molecule has 88 valence electrons. The summed E-state index contributed by atoms with van der Waals surface area (Å²) in [7, 11) is 0. The Balaban J connectivity index is 1.74. The monoisotopic (exact) mass is 257 g/mol. The van der Waals surface area contributed by atoms with E-state index < -0.39 is 5.60 Å². The molecular weight excluding hydrogens is 242 g/mol. The number of aliphatic hydroxyl groups is 1. The Morgan fingerprint density at radius 2 is 2.44 bits per heavy atom. The zero-order valence-corrected chi connectivity index (χ0v) is 10.8. The molecule has 16 heavy (non-hydrogen) atoms. The first-order valence-corrected chi connectivity index (χ1v) is 7.16. The maximum absolute atomic E-state index is 11.7. The highest BCUT2D eigenvalue weighted by atomic mass is 32.2. The molecule has 2 rings (SSSR count). The van der Waals surface area contributed by atoms with Gasteiger partial charge in [-0.1, -0.05) is 13.0 Å². The number of likely N-dealkylation sites (tertiary alicyclic amines) is 1. The minimum Gasteiger partial charge on any atom is -0.386 e. The number of hydrogen-bond acceptors (Lipinski definition) is 4. The number of carbonyl (C=O) groups excluding carboxylic acids is 1. The van der Waals surface area contributed by atoms with E-state index in [1.54, 1.807) is 28.0 Å². The Kier molecular flexibility index (Phi) is 3.56. The summed E-state index contributed by atoms with van der Waals surface area (Å²) in [5, 5.41) is 11.8. The zero-order valence-electron chi connectivity index (χ0n) is 9.18. The zero-order chi connectivity index (χ0) is 11.6. The van der Waals surface area contributed by atoms with Gasteiger partial charge in [-0.2, -0.15) is 0 Å². The second kappa shape index (κ2) is 4.77. The van der Waals surface area contributed by atoms with E-state index in [0.717, 1.165) is 6.42 Å². The highest BCUT2D eigenvalue weighted by Gasteiger charge is 2.41. The maximum Gasteiger partial charge on any atom is 0.233 e. The molecule has 5 heteroatoms. The van der Waals surface area contributed by atoms with Gasteiger partial charge < -0.3 is 10.0 Å². The minimum atomic E-state index is -0.622. The van der Waals surface area contributed by atoms with Crippen molar-refractivity contribution in [1.29, 1.82) is 0 Å².